The monoisotopic (exact) mass is 405 g/mol. The number of benzene rings is 1. The van der Waals surface area contributed by atoms with Gasteiger partial charge in [0.05, 0.1) is 0 Å². The molecule has 0 aliphatic carbocycles. The van der Waals surface area contributed by atoms with Crippen LogP contribution in [-0.4, -0.2) is 52.0 Å². The highest BCUT2D eigenvalue weighted by molar-refractivity contribution is 5.93. The number of aryl methyl sites for hydroxylation is 1. The van der Waals surface area contributed by atoms with Crippen molar-refractivity contribution in [2.24, 2.45) is 18.9 Å². The second-order valence-corrected chi connectivity index (χ2v) is 9.45. The maximum absolute atomic E-state index is 13.2. The summed E-state index contributed by atoms with van der Waals surface area (Å²) in [6.45, 7) is 2.64. The molecular weight excluding hydrogens is 374 g/mol. The third kappa shape index (κ3) is 3.60. The first kappa shape index (κ1) is 19.6. The molecule has 0 unspecified atom stereocenters. The standard InChI is InChI=1S/C25H31N3O2/c1-26-12-6-10-22(24(26)29)25(30)27-15-19-13-20(17-27)23-11-5-9-21(28(23)16-19)14-18-7-3-2-4-8-18/h2-4,6-8,10,12,19-21,23H,5,9,11,13-17H2,1H3/t19-,20+,21+,23-/m0/s1. The number of hydrogen-bond acceptors (Lipinski definition) is 3. The Hall–Kier alpha value is -2.40. The fourth-order valence-electron chi connectivity index (χ4n) is 6.11. The highest BCUT2D eigenvalue weighted by Gasteiger charge is 2.45. The summed E-state index contributed by atoms with van der Waals surface area (Å²) in [4.78, 5) is 30.4. The van der Waals surface area contributed by atoms with E-state index in [0.29, 0.717) is 29.5 Å². The highest BCUT2D eigenvalue weighted by Crippen LogP contribution is 2.40. The van der Waals surface area contributed by atoms with Crippen molar-refractivity contribution >= 4 is 5.91 Å². The van der Waals surface area contributed by atoms with Crippen molar-refractivity contribution in [2.75, 3.05) is 19.6 Å². The van der Waals surface area contributed by atoms with E-state index in [0.717, 1.165) is 26.1 Å². The maximum atomic E-state index is 13.2. The van der Waals surface area contributed by atoms with Crippen molar-refractivity contribution in [3.05, 3.63) is 70.1 Å². The molecule has 2 bridgehead atoms. The number of carbonyl (C=O) groups excluding carboxylic acids is 1. The van der Waals surface area contributed by atoms with E-state index in [1.54, 1.807) is 25.4 Å². The molecule has 4 atom stereocenters. The van der Waals surface area contributed by atoms with Gasteiger partial charge in [0.25, 0.3) is 11.5 Å². The topological polar surface area (TPSA) is 45.6 Å². The Kier molecular flexibility index (Phi) is 5.23. The van der Waals surface area contributed by atoms with Gasteiger partial charge >= 0.3 is 0 Å². The molecule has 1 aromatic heterocycles. The van der Waals surface area contributed by atoms with Crippen molar-refractivity contribution in [3.8, 4) is 0 Å². The van der Waals surface area contributed by atoms with E-state index < -0.39 is 0 Å². The van der Waals surface area contributed by atoms with Crippen molar-refractivity contribution in [2.45, 2.75) is 44.2 Å². The predicted molar refractivity (Wildman–Crippen MR) is 117 cm³/mol. The Morgan fingerprint density at radius 3 is 2.70 bits per heavy atom. The smallest absolute Gasteiger partial charge is 0.263 e. The molecular formula is C25H31N3O2. The molecule has 5 nitrogen and oxygen atoms in total. The van der Waals surface area contributed by atoms with Gasteiger partial charge in [0.2, 0.25) is 0 Å². The average Bonchev–Trinajstić information content (AvgIpc) is 2.76. The number of fused-ring (bicyclic) bond motifs is 4. The minimum Gasteiger partial charge on any atom is -0.338 e. The molecule has 1 aromatic carbocycles. The Bertz CT molecular complexity index is 970. The Morgan fingerprint density at radius 2 is 1.87 bits per heavy atom. The first-order chi connectivity index (χ1) is 14.6. The zero-order valence-electron chi connectivity index (χ0n) is 17.7. The Labute approximate surface area is 178 Å². The van der Waals surface area contributed by atoms with Gasteiger partial charge < -0.3 is 9.47 Å². The van der Waals surface area contributed by atoms with Crippen LogP contribution in [0.3, 0.4) is 0 Å². The Balaban J connectivity index is 1.33. The normalized spacial score (nSPS) is 28.8. The minimum atomic E-state index is -0.194. The van der Waals surface area contributed by atoms with Crippen molar-refractivity contribution in [1.29, 1.82) is 0 Å². The molecule has 3 aliphatic rings. The molecule has 0 radical (unpaired) electrons. The van der Waals surface area contributed by atoms with Gasteiger partial charge in [-0.15, -0.1) is 0 Å². The van der Waals surface area contributed by atoms with Crippen LogP contribution in [-0.2, 0) is 13.5 Å². The second-order valence-electron chi connectivity index (χ2n) is 9.45. The largest absolute Gasteiger partial charge is 0.338 e. The summed E-state index contributed by atoms with van der Waals surface area (Å²) in [6, 6.07) is 15.5. The maximum Gasteiger partial charge on any atom is 0.263 e. The molecule has 0 saturated carbocycles. The van der Waals surface area contributed by atoms with Crippen molar-refractivity contribution in [3.63, 3.8) is 0 Å². The van der Waals surface area contributed by atoms with E-state index in [9.17, 15) is 9.59 Å². The number of nitrogens with zero attached hydrogens (tertiary/aromatic N) is 3. The van der Waals surface area contributed by atoms with Gasteiger partial charge in [-0.05, 0) is 55.2 Å². The second kappa shape index (κ2) is 8.03. The molecule has 0 spiro atoms. The zero-order chi connectivity index (χ0) is 20.7. The Morgan fingerprint density at radius 1 is 1.03 bits per heavy atom. The van der Waals surface area contributed by atoms with Crippen LogP contribution < -0.4 is 5.56 Å². The first-order valence-electron chi connectivity index (χ1n) is 11.3. The van der Waals surface area contributed by atoms with Crippen LogP contribution in [0.5, 0.6) is 0 Å². The molecule has 0 N–H and O–H groups in total. The fourth-order valence-corrected chi connectivity index (χ4v) is 6.11. The van der Waals surface area contributed by atoms with Gasteiger partial charge in [0, 0.05) is 45.0 Å². The summed E-state index contributed by atoms with van der Waals surface area (Å²) in [5.41, 5.74) is 1.54. The van der Waals surface area contributed by atoms with Crippen LogP contribution in [0.15, 0.2) is 53.5 Å². The summed E-state index contributed by atoms with van der Waals surface area (Å²) in [7, 11) is 1.71. The van der Waals surface area contributed by atoms with E-state index in [-0.39, 0.29) is 11.5 Å². The molecule has 3 fully saturated rings. The van der Waals surface area contributed by atoms with Gasteiger partial charge in [-0.25, -0.2) is 0 Å². The zero-order valence-corrected chi connectivity index (χ0v) is 17.7. The quantitative estimate of drug-likeness (QED) is 0.789. The number of amides is 1. The molecule has 3 aliphatic heterocycles. The summed E-state index contributed by atoms with van der Waals surface area (Å²) in [5.74, 6) is 0.941. The van der Waals surface area contributed by atoms with Crippen molar-refractivity contribution in [1.82, 2.24) is 14.4 Å². The number of likely N-dealkylation sites (tertiary alicyclic amines) is 1. The predicted octanol–water partition coefficient (Wildman–Crippen LogP) is 2.94. The third-order valence-corrected chi connectivity index (χ3v) is 7.47. The fraction of sp³-hybridized carbons (Fsp3) is 0.520. The van der Waals surface area contributed by atoms with Gasteiger partial charge in [-0.2, -0.15) is 0 Å². The van der Waals surface area contributed by atoms with Crippen LogP contribution in [0.2, 0.25) is 0 Å². The van der Waals surface area contributed by atoms with Crippen molar-refractivity contribution < 1.29 is 4.79 Å². The highest BCUT2D eigenvalue weighted by atomic mass is 16.2. The van der Waals surface area contributed by atoms with Crippen LogP contribution in [0.1, 0.15) is 41.6 Å². The van der Waals surface area contributed by atoms with E-state index in [4.69, 9.17) is 0 Å². The van der Waals surface area contributed by atoms with Gasteiger partial charge in [-0.1, -0.05) is 36.8 Å². The van der Waals surface area contributed by atoms with E-state index in [1.807, 2.05) is 4.90 Å². The first-order valence-corrected chi connectivity index (χ1v) is 11.3. The van der Waals surface area contributed by atoms with Crippen LogP contribution in [0, 0.1) is 11.8 Å². The summed E-state index contributed by atoms with van der Waals surface area (Å²) in [5, 5.41) is 0. The summed E-state index contributed by atoms with van der Waals surface area (Å²) < 4.78 is 1.50. The lowest BCUT2D eigenvalue weighted by atomic mass is 9.74. The lowest BCUT2D eigenvalue weighted by molar-refractivity contribution is -0.0499. The lowest BCUT2D eigenvalue weighted by Gasteiger charge is -2.55. The molecule has 5 heteroatoms. The number of carbonyl (C=O) groups is 1. The van der Waals surface area contributed by atoms with Crippen LogP contribution in [0.4, 0.5) is 0 Å². The summed E-state index contributed by atoms with van der Waals surface area (Å²) >= 11 is 0. The molecule has 1 amide bonds. The van der Waals surface area contributed by atoms with E-state index in [1.165, 1.54) is 35.8 Å². The minimum absolute atomic E-state index is 0.0870. The number of hydrogen-bond donors (Lipinski definition) is 0. The third-order valence-electron chi connectivity index (χ3n) is 7.47. The number of aromatic nitrogens is 1. The lowest BCUT2D eigenvalue weighted by Crippen LogP contribution is -2.62. The molecule has 5 rings (SSSR count). The van der Waals surface area contributed by atoms with Crippen LogP contribution >= 0.6 is 0 Å². The SMILES string of the molecule is Cn1cccc(C(=O)N2C[C@@H]3C[C@H](C2)[C@@H]2CCC[C@H](Cc4ccccc4)N2C3)c1=O. The average molecular weight is 406 g/mol. The molecule has 158 valence electrons. The number of piperidine rings is 3. The van der Waals surface area contributed by atoms with E-state index >= 15 is 0 Å². The number of pyridine rings is 1. The summed E-state index contributed by atoms with van der Waals surface area (Å²) in [6.07, 6.45) is 7.82. The molecule has 30 heavy (non-hydrogen) atoms. The van der Waals surface area contributed by atoms with Crippen LogP contribution in [0.25, 0.3) is 0 Å². The number of rotatable bonds is 3. The molecule has 4 heterocycles. The van der Waals surface area contributed by atoms with Gasteiger partial charge in [-0.3, -0.25) is 14.5 Å². The van der Waals surface area contributed by atoms with E-state index in [2.05, 4.69) is 35.2 Å². The van der Waals surface area contributed by atoms with Gasteiger partial charge in [0.15, 0.2) is 0 Å². The molecule has 3 saturated heterocycles. The van der Waals surface area contributed by atoms with Gasteiger partial charge in [0.1, 0.15) is 5.56 Å². The molecule has 2 aromatic rings.